The second kappa shape index (κ2) is 5.84. The van der Waals surface area contributed by atoms with Crippen LogP contribution in [-0.2, 0) is 16.0 Å². The van der Waals surface area contributed by atoms with E-state index < -0.39 is 5.91 Å². The molecule has 0 fully saturated rings. The third kappa shape index (κ3) is 2.93. The Bertz CT molecular complexity index is 487. The Morgan fingerprint density at radius 1 is 1.42 bits per heavy atom. The van der Waals surface area contributed by atoms with Gasteiger partial charge in [-0.05, 0) is 24.5 Å². The second-order valence-electron chi connectivity index (χ2n) is 4.65. The van der Waals surface area contributed by atoms with Crippen molar-refractivity contribution in [1.29, 1.82) is 0 Å². The molecule has 5 heteroatoms. The van der Waals surface area contributed by atoms with E-state index in [0.29, 0.717) is 6.54 Å². The number of hydrogen-bond acceptors (Lipinski definition) is 3. The number of rotatable bonds is 4. The van der Waals surface area contributed by atoms with E-state index in [0.717, 1.165) is 18.5 Å². The Hall–Kier alpha value is -1.88. The zero-order valence-electron chi connectivity index (χ0n) is 11.1. The molecule has 1 unspecified atom stereocenters. The normalized spacial score (nSPS) is 17.6. The molecule has 0 spiro atoms. The minimum absolute atomic E-state index is 0.0321. The summed E-state index contributed by atoms with van der Waals surface area (Å²) in [5, 5.41) is 3.22. The molecular formula is C14H19N3O2. The van der Waals surface area contributed by atoms with Crippen molar-refractivity contribution in [3.8, 4) is 0 Å². The maximum Gasteiger partial charge on any atom is 0.244 e. The number of amides is 2. The van der Waals surface area contributed by atoms with E-state index in [1.807, 2.05) is 31.2 Å². The first-order chi connectivity index (χ1) is 9.13. The molecule has 2 amide bonds. The molecule has 2 rings (SSSR count). The topological polar surface area (TPSA) is 75.4 Å². The van der Waals surface area contributed by atoms with E-state index in [2.05, 4.69) is 5.32 Å². The smallest absolute Gasteiger partial charge is 0.244 e. The first kappa shape index (κ1) is 13.5. The molecule has 1 heterocycles. The second-order valence-corrected chi connectivity index (χ2v) is 4.65. The molecule has 1 aliphatic heterocycles. The Morgan fingerprint density at radius 2 is 2.16 bits per heavy atom. The minimum Gasteiger partial charge on any atom is -0.368 e. The highest BCUT2D eigenvalue weighted by atomic mass is 16.2. The molecule has 1 aromatic rings. The summed E-state index contributed by atoms with van der Waals surface area (Å²) in [5.41, 5.74) is 7.37. The van der Waals surface area contributed by atoms with Crippen LogP contribution in [0.1, 0.15) is 24.1 Å². The summed E-state index contributed by atoms with van der Waals surface area (Å²) >= 11 is 0. The molecule has 1 aromatic carbocycles. The van der Waals surface area contributed by atoms with Gasteiger partial charge in [0, 0.05) is 13.1 Å². The van der Waals surface area contributed by atoms with Gasteiger partial charge in [-0.1, -0.05) is 24.3 Å². The number of fused-ring (bicyclic) bond motifs is 1. The van der Waals surface area contributed by atoms with Crippen molar-refractivity contribution < 1.29 is 9.59 Å². The van der Waals surface area contributed by atoms with Crippen LogP contribution in [0.25, 0.3) is 0 Å². The highest BCUT2D eigenvalue weighted by Gasteiger charge is 2.29. The third-order valence-corrected chi connectivity index (χ3v) is 3.40. The molecule has 19 heavy (non-hydrogen) atoms. The summed E-state index contributed by atoms with van der Waals surface area (Å²) in [6.45, 7) is 3.05. The van der Waals surface area contributed by atoms with Gasteiger partial charge < -0.3 is 16.0 Å². The van der Waals surface area contributed by atoms with Crippen molar-refractivity contribution in [2.24, 2.45) is 5.73 Å². The van der Waals surface area contributed by atoms with Crippen LogP contribution in [0, 0.1) is 0 Å². The number of primary amides is 1. The monoisotopic (exact) mass is 261 g/mol. The number of nitrogens with zero attached hydrogens (tertiary/aromatic N) is 1. The highest BCUT2D eigenvalue weighted by Crippen LogP contribution is 2.24. The molecule has 0 radical (unpaired) electrons. The van der Waals surface area contributed by atoms with Crippen molar-refractivity contribution in [3.05, 3.63) is 35.4 Å². The van der Waals surface area contributed by atoms with E-state index in [4.69, 9.17) is 5.73 Å². The molecule has 0 aliphatic carbocycles. The molecule has 102 valence electrons. The van der Waals surface area contributed by atoms with Crippen LogP contribution >= 0.6 is 0 Å². The lowest BCUT2D eigenvalue weighted by Crippen LogP contribution is -2.46. The fourth-order valence-corrected chi connectivity index (χ4v) is 2.44. The molecule has 1 aliphatic rings. The predicted molar refractivity (Wildman–Crippen MR) is 72.3 cm³/mol. The largest absolute Gasteiger partial charge is 0.368 e. The van der Waals surface area contributed by atoms with Gasteiger partial charge in [-0.3, -0.25) is 9.59 Å². The summed E-state index contributed by atoms with van der Waals surface area (Å²) in [5.74, 6) is -0.576. The van der Waals surface area contributed by atoms with Gasteiger partial charge in [0.2, 0.25) is 11.8 Å². The van der Waals surface area contributed by atoms with Crippen molar-refractivity contribution in [3.63, 3.8) is 0 Å². The van der Waals surface area contributed by atoms with Crippen molar-refractivity contribution >= 4 is 11.8 Å². The number of nitrogens with one attached hydrogen (secondary N) is 1. The molecule has 0 bridgehead atoms. The lowest BCUT2D eigenvalue weighted by molar-refractivity contribution is -0.137. The molecule has 0 saturated heterocycles. The summed E-state index contributed by atoms with van der Waals surface area (Å²) in [6.07, 6.45) is 0.919. The highest BCUT2D eigenvalue weighted by molar-refractivity contribution is 5.88. The van der Waals surface area contributed by atoms with E-state index >= 15 is 0 Å². The van der Waals surface area contributed by atoms with Gasteiger partial charge in [0.15, 0.2) is 0 Å². The average Bonchev–Trinajstić information content (AvgIpc) is 2.43. The first-order valence-corrected chi connectivity index (χ1v) is 6.51. The zero-order chi connectivity index (χ0) is 13.8. The SMILES string of the molecule is CCN(CC(N)=O)C(=O)C1NCCc2ccccc21. The lowest BCUT2D eigenvalue weighted by atomic mass is 9.93. The number of carbonyl (C=O) groups is 2. The average molecular weight is 261 g/mol. The Balaban J connectivity index is 2.22. The van der Waals surface area contributed by atoms with E-state index in [1.165, 1.54) is 10.5 Å². The summed E-state index contributed by atoms with van der Waals surface area (Å²) in [4.78, 5) is 25.0. The number of hydrogen-bond donors (Lipinski definition) is 2. The van der Waals surface area contributed by atoms with Crippen LogP contribution in [-0.4, -0.2) is 36.3 Å². The minimum atomic E-state index is -0.487. The summed E-state index contributed by atoms with van der Waals surface area (Å²) in [7, 11) is 0. The fourth-order valence-electron chi connectivity index (χ4n) is 2.44. The van der Waals surface area contributed by atoms with Crippen LogP contribution < -0.4 is 11.1 Å². The van der Waals surface area contributed by atoms with Gasteiger partial charge >= 0.3 is 0 Å². The fraction of sp³-hybridized carbons (Fsp3) is 0.429. The molecule has 3 N–H and O–H groups in total. The van der Waals surface area contributed by atoms with E-state index in [1.54, 1.807) is 0 Å². The number of nitrogens with two attached hydrogens (primary N) is 1. The van der Waals surface area contributed by atoms with Gasteiger partial charge in [0.05, 0.1) is 6.54 Å². The van der Waals surface area contributed by atoms with Crippen molar-refractivity contribution in [1.82, 2.24) is 10.2 Å². The maximum atomic E-state index is 12.5. The maximum absolute atomic E-state index is 12.5. The molecule has 0 saturated carbocycles. The van der Waals surface area contributed by atoms with Crippen LogP contribution in [0.3, 0.4) is 0 Å². The van der Waals surface area contributed by atoms with E-state index in [9.17, 15) is 9.59 Å². The molecule has 0 aromatic heterocycles. The van der Waals surface area contributed by atoms with Crippen LogP contribution in [0.5, 0.6) is 0 Å². The summed E-state index contributed by atoms with van der Waals surface area (Å²) in [6, 6.07) is 7.54. The first-order valence-electron chi connectivity index (χ1n) is 6.51. The van der Waals surface area contributed by atoms with Crippen molar-refractivity contribution in [2.75, 3.05) is 19.6 Å². The number of likely N-dealkylation sites (N-methyl/N-ethyl adjacent to an activating group) is 1. The predicted octanol–water partition coefficient (Wildman–Crippen LogP) is 0.207. The van der Waals surface area contributed by atoms with Gasteiger partial charge in [-0.2, -0.15) is 0 Å². The van der Waals surface area contributed by atoms with Gasteiger partial charge in [-0.25, -0.2) is 0 Å². The van der Waals surface area contributed by atoms with Crippen LogP contribution in [0.2, 0.25) is 0 Å². The Morgan fingerprint density at radius 3 is 2.84 bits per heavy atom. The molecule has 5 nitrogen and oxygen atoms in total. The Labute approximate surface area is 112 Å². The summed E-state index contributed by atoms with van der Waals surface area (Å²) < 4.78 is 0. The van der Waals surface area contributed by atoms with Gasteiger partial charge in [0.1, 0.15) is 6.04 Å². The van der Waals surface area contributed by atoms with Gasteiger partial charge in [-0.15, -0.1) is 0 Å². The quantitative estimate of drug-likeness (QED) is 0.813. The zero-order valence-corrected chi connectivity index (χ0v) is 11.1. The third-order valence-electron chi connectivity index (χ3n) is 3.40. The number of benzene rings is 1. The standard InChI is InChI=1S/C14H19N3O2/c1-2-17(9-12(15)18)14(19)13-11-6-4-3-5-10(11)7-8-16-13/h3-6,13,16H,2,7-9H2,1H3,(H2,15,18). The molecular weight excluding hydrogens is 242 g/mol. The van der Waals surface area contributed by atoms with E-state index in [-0.39, 0.29) is 18.5 Å². The van der Waals surface area contributed by atoms with Crippen LogP contribution in [0.4, 0.5) is 0 Å². The lowest BCUT2D eigenvalue weighted by Gasteiger charge is -2.30. The molecule has 1 atom stereocenters. The van der Waals surface area contributed by atoms with Crippen molar-refractivity contribution in [2.45, 2.75) is 19.4 Å². The number of carbonyl (C=O) groups excluding carboxylic acids is 2. The van der Waals surface area contributed by atoms with Gasteiger partial charge in [0.25, 0.3) is 0 Å². The van der Waals surface area contributed by atoms with Crippen LogP contribution in [0.15, 0.2) is 24.3 Å². The Kier molecular flexibility index (Phi) is 4.16.